The van der Waals surface area contributed by atoms with Gasteiger partial charge in [0.15, 0.2) is 0 Å². The molecule has 0 N–H and O–H groups in total. The average Bonchev–Trinajstić information content (AvgIpc) is 3.04. The SMILES string of the molecule is CO/C=C/c1cccc2c1ccn2-c1ccc2ncccc2c1. The molecular formula is C20H16N2O. The molecule has 3 nitrogen and oxygen atoms in total. The van der Waals surface area contributed by atoms with Crippen LogP contribution < -0.4 is 0 Å². The second-order valence-electron chi connectivity index (χ2n) is 5.38. The molecule has 0 saturated carbocycles. The molecule has 0 aliphatic carbocycles. The first-order valence-corrected chi connectivity index (χ1v) is 7.51. The molecule has 0 aliphatic heterocycles. The fourth-order valence-electron chi connectivity index (χ4n) is 2.92. The second-order valence-corrected chi connectivity index (χ2v) is 5.38. The maximum absolute atomic E-state index is 5.04. The lowest BCUT2D eigenvalue weighted by Gasteiger charge is -2.07. The number of fused-ring (bicyclic) bond motifs is 2. The highest BCUT2D eigenvalue weighted by atomic mass is 16.5. The van der Waals surface area contributed by atoms with Gasteiger partial charge in [-0.1, -0.05) is 18.2 Å². The molecule has 4 aromatic rings. The Balaban J connectivity index is 1.89. The van der Waals surface area contributed by atoms with Crippen molar-refractivity contribution in [2.45, 2.75) is 0 Å². The highest BCUT2D eigenvalue weighted by Gasteiger charge is 2.06. The minimum atomic E-state index is 1.01. The van der Waals surface area contributed by atoms with Gasteiger partial charge in [-0.15, -0.1) is 0 Å². The summed E-state index contributed by atoms with van der Waals surface area (Å²) in [6, 6.07) is 18.8. The van der Waals surface area contributed by atoms with E-state index >= 15 is 0 Å². The van der Waals surface area contributed by atoms with Gasteiger partial charge in [0.05, 0.1) is 24.4 Å². The monoisotopic (exact) mass is 300 g/mol. The van der Waals surface area contributed by atoms with Crippen molar-refractivity contribution in [1.29, 1.82) is 0 Å². The fourth-order valence-corrected chi connectivity index (χ4v) is 2.92. The zero-order chi connectivity index (χ0) is 15.6. The summed E-state index contributed by atoms with van der Waals surface area (Å²) in [5, 5.41) is 2.34. The first-order valence-electron chi connectivity index (χ1n) is 7.51. The van der Waals surface area contributed by atoms with Gasteiger partial charge < -0.3 is 9.30 Å². The first-order chi connectivity index (χ1) is 11.4. The van der Waals surface area contributed by atoms with Gasteiger partial charge in [-0.3, -0.25) is 4.98 Å². The Kier molecular flexibility index (Phi) is 3.31. The Morgan fingerprint density at radius 1 is 1.04 bits per heavy atom. The van der Waals surface area contributed by atoms with Crippen LogP contribution in [-0.2, 0) is 4.74 Å². The lowest BCUT2D eigenvalue weighted by atomic mass is 10.1. The first kappa shape index (κ1) is 13.6. The quantitative estimate of drug-likeness (QED) is 0.508. The van der Waals surface area contributed by atoms with Crippen molar-refractivity contribution in [3.8, 4) is 5.69 Å². The smallest absolute Gasteiger partial charge is 0.0830 e. The molecule has 0 aliphatic rings. The fraction of sp³-hybridized carbons (Fsp3) is 0.0500. The summed E-state index contributed by atoms with van der Waals surface area (Å²) in [7, 11) is 1.66. The van der Waals surface area contributed by atoms with E-state index in [4.69, 9.17) is 4.74 Å². The molecule has 0 fully saturated rings. The number of hydrogen-bond donors (Lipinski definition) is 0. The van der Waals surface area contributed by atoms with E-state index in [0.717, 1.165) is 22.2 Å². The van der Waals surface area contributed by atoms with Crippen molar-refractivity contribution in [3.63, 3.8) is 0 Å². The summed E-state index contributed by atoms with van der Waals surface area (Å²) in [5.74, 6) is 0. The van der Waals surface area contributed by atoms with Crippen LogP contribution in [0.5, 0.6) is 0 Å². The number of benzene rings is 2. The lowest BCUT2D eigenvalue weighted by Crippen LogP contribution is -1.92. The predicted octanol–water partition coefficient (Wildman–Crippen LogP) is 4.80. The molecule has 112 valence electrons. The van der Waals surface area contributed by atoms with Crippen molar-refractivity contribution < 1.29 is 4.74 Å². The van der Waals surface area contributed by atoms with E-state index in [0.29, 0.717) is 0 Å². The van der Waals surface area contributed by atoms with Crippen molar-refractivity contribution in [2.24, 2.45) is 0 Å². The number of pyridine rings is 1. The van der Waals surface area contributed by atoms with E-state index in [-0.39, 0.29) is 0 Å². The Labute approximate surface area is 134 Å². The van der Waals surface area contributed by atoms with Crippen LogP contribution in [0.1, 0.15) is 5.56 Å². The van der Waals surface area contributed by atoms with Crippen LogP contribution in [0, 0.1) is 0 Å². The summed E-state index contributed by atoms with van der Waals surface area (Å²) < 4.78 is 7.24. The molecule has 0 amide bonds. The van der Waals surface area contributed by atoms with Crippen LogP contribution >= 0.6 is 0 Å². The van der Waals surface area contributed by atoms with E-state index in [9.17, 15) is 0 Å². The third-order valence-corrected chi connectivity index (χ3v) is 4.02. The molecule has 3 heteroatoms. The van der Waals surface area contributed by atoms with Crippen molar-refractivity contribution in [2.75, 3.05) is 7.11 Å². The summed E-state index contributed by atoms with van der Waals surface area (Å²) in [6.45, 7) is 0. The summed E-state index contributed by atoms with van der Waals surface area (Å²) in [4.78, 5) is 4.38. The van der Waals surface area contributed by atoms with Gasteiger partial charge in [-0.05, 0) is 48.0 Å². The normalized spacial score (nSPS) is 11.5. The Morgan fingerprint density at radius 3 is 2.91 bits per heavy atom. The van der Waals surface area contributed by atoms with Crippen molar-refractivity contribution in [1.82, 2.24) is 9.55 Å². The molecular weight excluding hydrogens is 284 g/mol. The molecule has 2 aromatic carbocycles. The number of aromatic nitrogens is 2. The predicted molar refractivity (Wildman–Crippen MR) is 94.6 cm³/mol. The van der Waals surface area contributed by atoms with Crippen LogP contribution in [-0.4, -0.2) is 16.7 Å². The third-order valence-electron chi connectivity index (χ3n) is 4.02. The number of hydrogen-bond acceptors (Lipinski definition) is 2. The van der Waals surface area contributed by atoms with E-state index in [1.807, 2.05) is 18.3 Å². The maximum Gasteiger partial charge on any atom is 0.0830 e. The highest BCUT2D eigenvalue weighted by molar-refractivity contribution is 5.91. The van der Waals surface area contributed by atoms with E-state index in [2.05, 4.69) is 64.3 Å². The van der Waals surface area contributed by atoms with Crippen LogP contribution in [0.4, 0.5) is 0 Å². The molecule has 23 heavy (non-hydrogen) atoms. The summed E-state index contributed by atoms with van der Waals surface area (Å²) in [6.07, 6.45) is 7.61. The molecule has 2 aromatic heterocycles. The zero-order valence-corrected chi connectivity index (χ0v) is 12.8. The van der Waals surface area contributed by atoms with Crippen LogP contribution in [0.25, 0.3) is 33.6 Å². The Bertz CT molecular complexity index is 1010. The van der Waals surface area contributed by atoms with Crippen LogP contribution in [0.15, 0.2) is 73.3 Å². The van der Waals surface area contributed by atoms with Gasteiger partial charge in [0, 0.05) is 28.9 Å². The van der Waals surface area contributed by atoms with Gasteiger partial charge in [0.1, 0.15) is 0 Å². The molecule has 0 spiro atoms. The Hall–Kier alpha value is -3.07. The van der Waals surface area contributed by atoms with E-state index < -0.39 is 0 Å². The molecule has 0 saturated heterocycles. The standard InChI is InChI=1S/C20H16N2O/c1-23-13-10-15-4-2-6-20-18(15)9-12-22(20)17-7-8-19-16(14-17)5-3-11-21-19/h2-14H,1H3/b13-10+. The topological polar surface area (TPSA) is 27.1 Å². The van der Waals surface area contributed by atoms with Gasteiger partial charge in [-0.25, -0.2) is 0 Å². The minimum Gasteiger partial charge on any atom is -0.504 e. The minimum absolute atomic E-state index is 1.01. The number of nitrogens with zero attached hydrogens (tertiary/aromatic N) is 2. The number of rotatable bonds is 3. The van der Waals surface area contributed by atoms with Gasteiger partial charge in [-0.2, -0.15) is 0 Å². The van der Waals surface area contributed by atoms with Crippen LogP contribution in [0.2, 0.25) is 0 Å². The number of methoxy groups -OCH3 is 1. The van der Waals surface area contributed by atoms with E-state index in [1.165, 1.54) is 10.9 Å². The Morgan fingerprint density at radius 2 is 2.00 bits per heavy atom. The average molecular weight is 300 g/mol. The molecule has 0 radical (unpaired) electrons. The van der Waals surface area contributed by atoms with E-state index in [1.54, 1.807) is 13.4 Å². The molecule has 4 rings (SSSR count). The van der Waals surface area contributed by atoms with Crippen molar-refractivity contribution >= 4 is 27.9 Å². The lowest BCUT2D eigenvalue weighted by molar-refractivity contribution is 0.341. The number of ether oxygens (including phenoxy) is 1. The molecule has 0 bridgehead atoms. The molecule has 0 atom stereocenters. The van der Waals surface area contributed by atoms with Crippen molar-refractivity contribution in [3.05, 3.63) is 78.8 Å². The zero-order valence-electron chi connectivity index (χ0n) is 12.8. The molecule has 0 unspecified atom stereocenters. The molecule has 2 heterocycles. The van der Waals surface area contributed by atoms with Gasteiger partial charge in [0.2, 0.25) is 0 Å². The summed E-state index contributed by atoms with van der Waals surface area (Å²) in [5.41, 5.74) is 4.46. The highest BCUT2D eigenvalue weighted by Crippen LogP contribution is 2.26. The largest absolute Gasteiger partial charge is 0.504 e. The summed E-state index contributed by atoms with van der Waals surface area (Å²) >= 11 is 0. The maximum atomic E-state index is 5.04. The second kappa shape index (κ2) is 5.61. The van der Waals surface area contributed by atoms with Gasteiger partial charge in [0.25, 0.3) is 0 Å². The third kappa shape index (κ3) is 2.36. The van der Waals surface area contributed by atoms with Gasteiger partial charge >= 0.3 is 0 Å². The van der Waals surface area contributed by atoms with Crippen LogP contribution in [0.3, 0.4) is 0 Å².